The van der Waals surface area contributed by atoms with Gasteiger partial charge < -0.3 is 4.79 Å². The summed E-state index contributed by atoms with van der Waals surface area (Å²) in [5.41, 5.74) is 0. The molecule has 0 saturated carbocycles. The van der Waals surface area contributed by atoms with Crippen LogP contribution in [0.5, 0.6) is 0 Å². The molecular formula is CH4NaOS. The Kier molecular flexibility index (Phi) is 175. The average Bonchev–Trinajstić information content (AvgIpc) is 1.00. The maximum atomic E-state index is 8.00. The van der Waals surface area contributed by atoms with Crippen LogP contribution in [0, 0.1) is 0 Å². The maximum absolute atomic E-state index is 8.00. The standard InChI is InChI=1S/CH2O.Na.H2S/c1-2;;/h1H2;;1H2. The van der Waals surface area contributed by atoms with Crippen LogP contribution in [0.25, 0.3) is 0 Å². The predicted octanol–water partition coefficient (Wildman–Crippen LogP) is -0.453. The van der Waals surface area contributed by atoms with Crippen molar-refractivity contribution in [1.82, 2.24) is 0 Å². The van der Waals surface area contributed by atoms with Gasteiger partial charge in [-0.3, -0.25) is 0 Å². The Morgan fingerprint density at radius 3 is 1.25 bits per heavy atom. The van der Waals surface area contributed by atoms with Crippen LogP contribution < -0.4 is 0 Å². The Labute approximate surface area is 54.5 Å². The first-order valence-corrected chi connectivity index (χ1v) is 0.289. The van der Waals surface area contributed by atoms with Crippen molar-refractivity contribution in [2.75, 3.05) is 0 Å². The van der Waals surface area contributed by atoms with Crippen LogP contribution in [-0.4, -0.2) is 36.3 Å². The third-order valence-corrected chi connectivity index (χ3v) is 0. The minimum Gasteiger partial charge on any atom is -0.307 e. The molecule has 0 bridgehead atoms. The van der Waals surface area contributed by atoms with E-state index >= 15 is 0 Å². The largest absolute Gasteiger partial charge is 0.307 e. The topological polar surface area (TPSA) is 17.1 Å². The number of carbonyl (C=O) groups is 1. The van der Waals surface area contributed by atoms with Crippen LogP contribution in [0.3, 0.4) is 0 Å². The van der Waals surface area contributed by atoms with Gasteiger partial charge in [-0.15, -0.1) is 0 Å². The molecule has 0 fully saturated rings. The van der Waals surface area contributed by atoms with Gasteiger partial charge in [0.1, 0.15) is 6.79 Å². The third kappa shape index (κ3) is 11.8. The zero-order valence-corrected chi connectivity index (χ0v) is 5.62. The molecule has 0 spiro atoms. The summed E-state index contributed by atoms with van der Waals surface area (Å²) in [5, 5.41) is 0. The van der Waals surface area contributed by atoms with Crippen molar-refractivity contribution in [3.05, 3.63) is 0 Å². The number of rotatable bonds is 0. The second-order valence-electron chi connectivity index (χ2n) is 0. The molecule has 0 aliphatic carbocycles. The predicted molar refractivity (Wildman–Crippen MR) is 23.3 cm³/mol. The fourth-order valence-corrected chi connectivity index (χ4v) is 0. The first-order valence-electron chi connectivity index (χ1n) is 0.289. The van der Waals surface area contributed by atoms with Crippen molar-refractivity contribution in [2.45, 2.75) is 0 Å². The number of hydrogen-bond donors (Lipinski definition) is 0. The van der Waals surface area contributed by atoms with Gasteiger partial charge in [0.25, 0.3) is 0 Å². The first-order chi connectivity index (χ1) is 1.00. The van der Waals surface area contributed by atoms with Gasteiger partial charge >= 0.3 is 0 Å². The molecule has 0 N–H and O–H groups in total. The molecule has 0 amide bonds. The normalized spacial score (nSPS) is 1.00. The molecule has 0 rings (SSSR count). The molecule has 0 atom stereocenters. The average molecular weight is 87.1 g/mol. The molecule has 1 nitrogen and oxygen atoms in total. The molecule has 0 aromatic rings. The summed E-state index contributed by atoms with van der Waals surface area (Å²) in [6.07, 6.45) is 0. The van der Waals surface area contributed by atoms with Crippen molar-refractivity contribution >= 4 is 49.8 Å². The Morgan fingerprint density at radius 1 is 1.25 bits per heavy atom. The maximum Gasteiger partial charge on any atom is 0.106 e. The van der Waals surface area contributed by atoms with Gasteiger partial charge in [-0.2, -0.15) is 13.5 Å². The Bertz CT molecular complexity index is 8.00. The van der Waals surface area contributed by atoms with E-state index in [2.05, 4.69) is 0 Å². The van der Waals surface area contributed by atoms with Crippen molar-refractivity contribution in [2.24, 2.45) is 0 Å². The van der Waals surface area contributed by atoms with Gasteiger partial charge in [0.05, 0.1) is 0 Å². The zero-order valence-electron chi connectivity index (χ0n) is 2.62. The summed E-state index contributed by atoms with van der Waals surface area (Å²) >= 11 is 0. The van der Waals surface area contributed by atoms with Crippen molar-refractivity contribution in [3.63, 3.8) is 0 Å². The molecule has 4 heavy (non-hydrogen) atoms. The fourth-order valence-electron chi connectivity index (χ4n) is 0. The molecule has 0 saturated heterocycles. The third-order valence-electron chi connectivity index (χ3n) is 0. The van der Waals surface area contributed by atoms with E-state index in [0.29, 0.717) is 0 Å². The summed E-state index contributed by atoms with van der Waals surface area (Å²) in [4.78, 5) is 8.00. The van der Waals surface area contributed by atoms with E-state index in [0.717, 1.165) is 0 Å². The van der Waals surface area contributed by atoms with Crippen LogP contribution >= 0.6 is 13.5 Å². The van der Waals surface area contributed by atoms with Gasteiger partial charge in [-0.25, -0.2) is 0 Å². The van der Waals surface area contributed by atoms with Gasteiger partial charge in [0.15, 0.2) is 0 Å². The molecule has 3 heteroatoms. The molecule has 0 unspecified atom stereocenters. The smallest absolute Gasteiger partial charge is 0.106 e. The molecule has 0 aliphatic rings. The van der Waals surface area contributed by atoms with Crippen LogP contribution in [0.1, 0.15) is 0 Å². The van der Waals surface area contributed by atoms with Crippen LogP contribution in [0.4, 0.5) is 0 Å². The van der Waals surface area contributed by atoms with E-state index < -0.39 is 0 Å². The molecule has 0 aromatic heterocycles. The molecular weight excluding hydrogens is 83.1 g/mol. The second kappa shape index (κ2) is 35.2. The van der Waals surface area contributed by atoms with Crippen molar-refractivity contribution in [3.8, 4) is 0 Å². The molecule has 0 heterocycles. The zero-order chi connectivity index (χ0) is 2.00. The SMILES string of the molecule is C=O.S.[Na]. The molecule has 0 aromatic carbocycles. The monoisotopic (exact) mass is 87.0 g/mol. The van der Waals surface area contributed by atoms with E-state index in [1.54, 1.807) is 0 Å². The van der Waals surface area contributed by atoms with E-state index in [1.165, 1.54) is 0 Å². The molecule has 1 radical (unpaired) electrons. The van der Waals surface area contributed by atoms with Crippen molar-refractivity contribution < 1.29 is 4.79 Å². The van der Waals surface area contributed by atoms with Gasteiger partial charge in [-0.1, -0.05) is 0 Å². The Balaban J connectivity index is -0.00000000500. The second-order valence-corrected chi connectivity index (χ2v) is 0. The van der Waals surface area contributed by atoms with E-state index in [9.17, 15) is 0 Å². The van der Waals surface area contributed by atoms with Crippen LogP contribution in [0.2, 0.25) is 0 Å². The fraction of sp³-hybridized carbons (Fsp3) is 0. The minimum atomic E-state index is 0. The molecule has 0 aliphatic heterocycles. The number of hydrogen-bond acceptors (Lipinski definition) is 1. The van der Waals surface area contributed by atoms with Crippen LogP contribution in [0.15, 0.2) is 0 Å². The summed E-state index contributed by atoms with van der Waals surface area (Å²) in [6, 6.07) is 0. The first kappa shape index (κ1) is 19.9. The summed E-state index contributed by atoms with van der Waals surface area (Å²) in [5.74, 6) is 0. The Hall–Kier alpha value is 1.02. The summed E-state index contributed by atoms with van der Waals surface area (Å²) < 4.78 is 0. The quantitative estimate of drug-likeness (QED) is 0.366. The van der Waals surface area contributed by atoms with Gasteiger partial charge in [0.2, 0.25) is 0 Å². The van der Waals surface area contributed by atoms with Gasteiger partial charge in [-0.05, 0) is 0 Å². The Morgan fingerprint density at radius 2 is 1.25 bits per heavy atom. The van der Waals surface area contributed by atoms with Crippen molar-refractivity contribution in [1.29, 1.82) is 0 Å². The number of carbonyl (C=O) groups excluding carboxylic acids is 1. The summed E-state index contributed by atoms with van der Waals surface area (Å²) in [6.45, 7) is 2.00. The molecule has 21 valence electrons. The summed E-state index contributed by atoms with van der Waals surface area (Å²) in [7, 11) is 0. The van der Waals surface area contributed by atoms with E-state index in [-0.39, 0.29) is 43.1 Å². The van der Waals surface area contributed by atoms with E-state index in [4.69, 9.17) is 4.79 Å². The van der Waals surface area contributed by atoms with Gasteiger partial charge in [0, 0.05) is 29.6 Å². The minimum absolute atomic E-state index is 0. The van der Waals surface area contributed by atoms with Crippen LogP contribution in [-0.2, 0) is 4.79 Å². The van der Waals surface area contributed by atoms with E-state index in [1.807, 2.05) is 6.79 Å².